The minimum atomic E-state index is -0.743. The molecule has 17 heavy (non-hydrogen) atoms. The fourth-order valence-electron chi connectivity index (χ4n) is 2.52. The molecule has 1 aliphatic carbocycles. The van der Waals surface area contributed by atoms with Gasteiger partial charge in [-0.25, -0.2) is 0 Å². The minimum absolute atomic E-state index is 0.602. The zero-order chi connectivity index (χ0) is 11.6. The highest BCUT2D eigenvalue weighted by atomic mass is 32.1. The Labute approximate surface area is 106 Å². The van der Waals surface area contributed by atoms with Crippen LogP contribution in [-0.2, 0) is 15.3 Å². The van der Waals surface area contributed by atoms with Gasteiger partial charge in [-0.2, -0.15) is 0 Å². The fourth-order valence-corrected chi connectivity index (χ4v) is 4.60. The second-order valence-corrected chi connectivity index (χ2v) is 6.26. The first-order valence-corrected chi connectivity index (χ1v) is 6.92. The summed E-state index contributed by atoms with van der Waals surface area (Å²) in [6.07, 6.45) is 0. The molecule has 88 valence electrons. The van der Waals surface area contributed by atoms with Crippen molar-refractivity contribution in [2.45, 2.75) is 5.79 Å². The molecule has 2 aliphatic rings. The molecule has 4 rings (SSSR count). The van der Waals surface area contributed by atoms with Crippen molar-refractivity contribution in [3.8, 4) is 9.75 Å². The van der Waals surface area contributed by atoms with Crippen molar-refractivity contribution in [1.82, 2.24) is 0 Å². The zero-order valence-electron chi connectivity index (χ0n) is 8.86. The van der Waals surface area contributed by atoms with Gasteiger partial charge in [-0.15, -0.1) is 22.7 Å². The molecule has 1 spiro atoms. The summed E-state index contributed by atoms with van der Waals surface area (Å²) in [5.41, 5.74) is 13.9. The number of ether oxygens (including phenoxy) is 2. The molecule has 0 saturated carbocycles. The van der Waals surface area contributed by atoms with E-state index in [1.54, 1.807) is 22.7 Å². The quantitative estimate of drug-likeness (QED) is 0.767. The van der Waals surface area contributed by atoms with Crippen LogP contribution in [-0.4, -0.2) is 13.2 Å². The van der Waals surface area contributed by atoms with Gasteiger partial charge >= 0.3 is 0 Å². The number of nitrogen functional groups attached to an aromatic ring is 2. The SMILES string of the molecule is Nc1cc2c(s1)-c1sc(N)cc1C21OCCO1. The highest BCUT2D eigenvalue weighted by Crippen LogP contribution is 2.58. The van der Waals surface area contributed by atoms with Crippen molar-refractivity contribution in [1.29, 1.82) is 0 Å². The largest absolute Gasteiger partial charge is 0.391 e. The van der Waals surface area contributed by atoms with E-state index >= 15 is 0 Å². The van der Waals surface area contributed by atoms with Crippen LogP contribution in [0.2, 0.25) is 0 Å². The lowest BCUT2D eigenvalue weighted by atomic mass is 10.1. The second-order valence-electron chi connectivity index (χ2n) is 4.10. The van der Waals surface area contributed by atoms with Crippen LogP contribution in [0.5, 0.6) is 0 Å². The van der Waals surface area contributed by atoms with Crippen LogP contribution in [0.25, 0.3) is 9.75 Å². The van der Waals surface area contributed by atoms with Gasteiger partial charge in [-0.1, -0.05) is 0 Å². The Hall–Kier alpha value is -1.08. The molecule has 4 N–H and O–H groups in total. The number of rotatable bonds is 0. The number of thiophene rings is 2. The Balaban J connectivity index is 2.06. The molecular formula is C11H10N2O2S2. The Kier molecular flexibility index (Phi) is 1.76. The van der Waals surface area contributed by atoms with Gasteiger partial charge in [0.25, 0.3) is 0 Å². The molecule has 1 fully saturated rings. The third-order valence-corrected chi connectivity index (χ3v) is 5.20. The number of nitrogens with two attached hydrogens (primary N) is 2. The van der Waals surface area contributed by atoms with Gasteiger partial charge in [0.05, 0.1) is 33.0 Å². The van der Waals surface area contributed by atoms with E-state index in [2.05, 4.69) is 0 Å². The first-order valence-electron chi connectivity index (χ1n) is 5.28. The fraction of sp³-hybridized carbons (Fsp3) is 0.273. The van der Waals surface area contributed by atoms with Gasteiger partial charge in [-0.05, 0) is 12.1 Å². The second kappa shape index (κ2) is 3.02. The van der Waals surface area contributed by atoms with E-state index in [4.69, 9.17) is 20.9 Å². The summed E-state index contributed by atoms with van der Waals surface area (Å²) >= 11 is 3.13. The van der Waals surface area contributed by atoms with Crippen LogP contribution in [0.15, 0.2) is 12.1 Å². The summed E-state index contributed by atoms with van der Waals surface area (Å²) in [5, 5.41) is 1.57. The maximum absolute atomic E-state index is 5.88. The minimum Gasteiger partial charge on any atom is -0.391 e. The normalized spacial score (nSPS) is 19.8. The predicted molar refractivity (Wildman–Crippen MR) is 69.1 cm³/mol. The molecule has 1 saturated heterocycles. The predicted octanol–water partition coefficient (Wildman–Crippen LogP) is 2.20. The third kappa shape index (κ3) is 1.08. The molecule has 0 unspecified atom stereocenters. The third-order valence-electron chi connectivity index (χ3n) is 3.11. The number of hydrogen-bond donors (Lipinski definition) is 2. The van der Waals surface area contributed by atoms with Crippen molar-refractivity contribution in [2.24, 2.45) is 0 Å². The molecule has 3 heterocycles. The number of anilines is 2. The first kappa shape index (κ1) is 9.90. The summed E-state index contributed by atoms with van der Waals surface area (Å²) in [5.74, 6) is -0.743. The van der Waals surface area contributed by atoms with Crippen molar-refractivity contribution in [2.75, 3.05) is 24.7 Å². The average Bonchev–Trinajstić information content (AvgIpc) is 2.96. The summed E-state index contributed by atoms with van der Waals surface area (Å²) in [4.78, 5) is 2.28. The van der Waals surface area contributed by atoms with Crippen LogP contribution in [0.1, 0.15) is 11.1 Å². The molecular weight excluding hydrogens is 256 g/mol. The van der Waals surface area contributed by atoms with Crippen molar-refractivity contribution in [3.05, 3.63) is 23.3 Å². The maximum atomic E-state index is 5.88. The van der Waals surface area contributed by atoms with Crippen LogP contribution >= 0.6 is 22.7 Å². The molecule has 0 amide bonds. The lowest BCUT2D eigenvalue weighted by Crippen LogP contribution is -2.25. The number of hydrogen-bond acceptors (Lipinski definition) is 6. The Morgan fingerprint density at radius 3 is 1.88 bits per heavy atom. The van der Waals surface area contributed by atoms with Crippen molar-refractivity contribution >= 4 is 32.7 Å². The Morgan fingerprint density at radius 1 is 0.941 bits per heavy atom. The standard InChI is InChI=1S/C11H10N2O2S2/c12-7-3-5-9(16-7)10-6(4-8(13)17-10)11(5)14-1-2-15-11/h3-4H,1-2,12-13H2. The lowest BCUT2D eigenvalue weighted by Gasteiger charge is -2.22. The van der Waals surface area contributed by atoms with E-state index in [1.807, 2.05) is 12.1 Å². The van der Waals surface area contributed by atoms with E-state index in [1.165, 1.54) is 0 Å². The highest BCUT2D eigenvalue weighted by Gasteiger charge is 2.50. The smallest absolute Gasteiger partial charge is 0.225 e. The summed E-state index contributed by atoms with van der Waals surface area (Å²) in [7, 11) is 0. The van der Waals surface area contributed by atoms with Crippen LogP contribution in [0.3, 0.4) is 0 Å². The van der Waals surface area contributed by atoms with Crippen LogP contribution < -0.4 is 11.5 Å². The first-order chi connectivity index (χ1) is 8.21. The van der Waals surface area contributed by atoms with Gasteiger partial charge < -0.3 is 20.9 Å². The Bertz CT molecular complexity index is 563. The molecule has 2 aromatic rings. The number of fused-ring (bicyclic) bond motifs is 5. The summed E-state index contributed by atoms with van der Waals surface area (Å²) < 4.78 is 11.7. The molecule has 0 bridgehead atoms. The van der Waals surface area contributed by atoms with Gasteiger partial charge in [0, 0.05) is 11.1 Å². The van der Waals surface area contributed by atoms with Crippen molar-refractivity contribution in [3.63, 3.8) is 0 Å². The lowest BCUT2D eigenvalue weighted by molar-refractivity contribution is -0.126. The van der Waals surface area contributed by atoms with E-state index in [0.717, 1.165) is 30.9 Å². The van der Waals surface area contributed by atoms with Crippen LogP contribution in [0.4, 0.5) is 10.0 Å². The summed E-state index contributed by atoms with van der Waals surface area (Å²) in [6.45, 7) is 1.20. The van der Waals surface area contributed by atoms with Crippen LogP contribution in [0, 0.1) is 0 Å². The van der Waals surface area contributed by atoms with Gasteiger partial charge in [0.15, 0.2) is 0 Å². The molecule has 6 heteroatoms. The molecule has 4 nitrogen and oxygen atoms in total. The molecule has 1 aliphatic heterocycles. The zero-order valence-corrected chi connectivity index (χ0v) is 10.5. The molecule has 0 atom stereocenters. The van der Waals surface area contributed by atoms with E-state index in [9.17, 15) is 0 Å². The molecule has 2 aromatic heterocycles. The molecule has 0 aromatic carbocycles. The van der Waals surface area contributed by atoms with Crippen molar-refractivity contribution < 1.29 is 9.47 Å². The van der Waals surface area contributed by atoms with E-state index in [0.29, 0.717) is 13.2 Å². The average molecular weight is 266 g/mol. The highest BCUT2D eigenvalue weighted by molar-refractivity contribution is 7.26. The maximum Gasteiger partial charge on any atom is 0.225 e. The van der Waals surface area contributed by atoms with Gasteiger partial charge in [0.2, 0.25) is 5.79 Å². The monoisotopic (exact) mass is 266 g/mol. The van der Waals surface area contributed by atoms with E-state index in [-0.39, 0.29) is 0 Å². The Morgan fingerprint density at radius 2 is 1.41 bits per heavy atom. The van der Waals surface area contributed by atoms with Gasteiger partial charge in [-0.3, -0.25) is 0 Å². The molecule has 0 radical (unpaired) electrons. The summed E-state index contributed by atoms with van der Waals surface area (Å²) in [6, 6.07) is 3.91. The topological polar surface area (TPSA) is 70.5 Å². The van der Waals surface area contributed by atoms with Gasteiger partial charge in [0.1, 0.15) is 0 Å². The van der Waals surface area contributed by atoms with E-state index < -0.39 is 5.79 Å².